The van der Waals surface area contributed by atoms with E-state index >= 15 is 0 Å². The minimum Gasteiger partial charge on any atom is -0.493 e. The molecular formula is C31H36N2O5S. The summed E-state index contributed by atoms with van der Waals surface area (Å²) in [7, 11) is 1.57. The number of aromatic nitrogens is 1. The number of methoxy groups -OCH3 is 1. The van der Waals surface area contributed by atoms with Gasteiger partial charge in [0, 0.05) is 0 Å². The van der Waals surface area contributed by atoms with Crippen LogP contribution in [0.15, 0.2) is 63.5 Å². The Kier molecular flexibility index (Phi) is 8.16. The molecule has 1 unspecified atom stereocenters. The standard InChI is InChI=1S/C31H36N2O5S/c1-9-37-29(35)26-19(4)32-30-33(27(26)21-12-15-23(38-18(2)3)24(17-21)36-8)28(34)25(39-30)16-20-10-13-22(14-11-20)31(5,6)7/h10-18,27H,9H2,1-8H3. The molecule has 4 rings (SSSR count). The average molecular weight is 549 g/mol. The zero-order chi connectivity index (χ0) is 28.5. The first-order chi connectivity index (χ1) is 18.4. The Morgan fingerprint density at radius 2 is 1.82 bits per heavy atom. The molecule has 206 valence electrons. The molecule has 0 amide bonds. The molecule has 0 aliphatic carbocycles. The monoisotopic (exact) mass is 548 g/mol. The molecule has 1 atom stereocenters. The summed E-state index contributed by atoms with van der Waals surface area (Å²) >= 11 is 1.30. The smallest absolute Gasteiger partial charge is 0.338 e. The summed E-state index contributed by atoms with van der Waals surface area (Å²) in [6.07, 6.45) is 1.83. The number of benzene rings is 2. The third-order valence-electron chi connectivity index (χ3n) is 6.46. The number of esters is 1. The number of ether oxygens (including phenoxy) is 3. The Balaban J connectivity index is 1.90. The van der Waals surface area contributed by atoms with Crippen molar-refractivity contribution in [2.24, 2.45) is 4.99 Å². The molecular weight excluding hydrogens is 512 g/mol. The predicted molar refractivity (Wildman–Crippen MR) is 154 cm³/mol. The number of hydrogen-bond acceptors (Lipinski definition) is 7. The number of carbonyl (C=O) groups excluding carboxylic acids is 1. The van der Waals surface area contributed by atoms with Crippen LogP contribution in [0.25, 0.3) is 6.08 Å². The van der Waals surface area contributed by atoms with E-state index in [1.807, 2.05) is 44.2 Å². The highest BCUT2D eigenvalue weighted by Gasteiger charge is 2.34. The fraction of sp³-hybridized carbons (Fsp3) is 0.387. The molecule has 2 aromatic carbocycles. The van der Waals surface area contributed by atoms with Crippen molar-refractivity contribution in [2.45, 2.75) is 66.0 Å². The number of allylic oxidation sites excluding steroid dienone is 1. The molecule has 39 heavy (non-hydrogen) atoms. The van der Waals surface area contributed by atoms with Crippen LogP contribution in [0.2, 0.25) is 0 Å². The first kappa shape index (κ1) is 28.4. The minimum absolute atomic E-state index is 0.0374. The van der Waals surface area contributed by atoms with Crippen molar-refractivity contribution in [3.05, 3.63) is 90.1 Å². The van der Waals surface area contributed by atoms with Crippen molar-refractivity contribution in [1.82, 2.24) is 4.57 Å². The van der Waals surface area contributed by atoms with Crippen molar-refractivity contribution in [3.63, 3.8) is 0 Å². The highest BCUT2D eigenvalue weighted by Crippen LogP contribution is 2.36. The molecule has 0 fully saturated rings. The molecule has 1 aromatic heterocycles. The van der Waals surface area contributed by atoms with E-state index in [4.69, 9.17) is 14.2 Å². The fourth-order valence-corrected chi connectivity index (χ4v) is 5.59. The number of nitrogens with zero attached hydrogens (tertiary/aromatic N) is 2. The number of hydrogen-bond donors (Lipinski definition) is 0. The van der Waals surface area contributed by atoms with Gasteiger partial charge in [-0.05, 0) is 68.0 Å². The highest BCUT2D eigenvalue weighted by atomic mass is 32.1. The largest absolute Gasteiger partial charge is 0.493 e. The maximum absolute atomic E-state index is 13.9. The molecule has 0 saturated heterocycles. The van der Waals surface area contributed by atoms with Crippen LogP contribution < -0.4 is 24.4 Å². The number of carbonyl (C=O) groups is 1. The van der Waals surface area contributed by atoms with Gasteiger partial charge in [0.2, 0.25) is 0 Å². The maximum atomic E-state index is 13.9. The van der Waals surface area contributed by atoms with Crippen molar-refractivity contribution in [1.29, 1.82) is 0 Å². The average Bonchev–Trinajstić information content (AvgIpc) is 3.17. The summed E-state index contributed by atoms with van der Waals surface area (Å²) in [4.78, 5) is 32.2. The normalized spacial score (nSPS) is 15.7. The van der Waals surface area contributed by atoms with E-state index in [1.54, 1.807) is 31.6 Å². The molecule has 1 aliphatic heterocycles. The van der Waals surface area contributed by atoms with Gasteiger partial charge in [0.05, 0.1) is 41.7 Å². The van der Waals surface area contributed by atoms with E-state index in [9.17, 15) is 9.59 Å². The van der Waals surface area contributed by atoms with E-state index in [2.05, 4.69) is 37.9 Å². The van der Waals surface area contributed by atoms with E-state index in [0.717, 1.165) is 5.56 Å². The Morgan fingerprint density at radius 1 is 1.13 bits per heavy atom. The van der Waals surface area contributed by atoms with Crippen LogP contribution in [-0.2, 0) is 14.9 Å². The van der Waals surface area contributed by atoms with Crippen molar-refractivity contribution in [3.8, 4) is 11.5 Å². The van der Waals surface area contributed by atoms with Gasteiger partial charge < -0.3 is 14.2 Å². The lowest BCUT2D eigenvalue weighted by Crippen LogP contribution is -2.40. The van der Waals surface area contributed by atoms with E-state index < -0.39 is 12.0 Å². The molecule has 0 radical (unpaired) electrons. The van der Waals surface area contributed by atoms with Gasteiger partial charge >= 0.3 is 5.97 Å². The quantitative estimate of drug-likeness (QED) is 0.393. The van der Waals surface area contributed by atoms with Crippen molar-refractivity contribution < 1.29 is 19.0 Å². The predicted octanol–water partition coefficient (Wildman–Crippen LogP) is 4.89. The lowest BCUT2D eigenvalue weighted by atomic mass is 9.87. The minimum atomic E-state index is -0.729. The lowest BCUT2D eigenvalue weighted by Gasteiger charge is -2.25. The summed E-state index contributed by atoms with van der Waals surface area (Å²) in [5.41, 5.74) is 3.49. The van der Waals surface area contributed by atoms with Crippen LogP contribution in [0.3, 0.4) is 0 Å². The van der Waals surface area contributed by atoms with Crippen LogP contribution in [0.5, 0.6) is 11.5 Å². The third kappa shape index (κ3) is 5.86. The van der Waals surface area contributed by atoms with Crippen LogP contribution in [0, 0.1) is 0 Å². The van der Waals surface area contributed by atoms with Crippen molar-refractivity contribution >= 4 is 23.4 Å². The molecule has 2 heterocycles. The zero-order valence-electron chi connectivity index (χ0n) is 23.8. The van der Waals surface area contributed by atoms with Gasteiger partial charge in [0.15, 0.2) is 16.3 Å². The molecule has 1 aliphatic rings. The Hall–Kier alpha value is -3.65. The Labute approximate surface area is 233 Å². The van der Waals surface area contributed by atoms with E-state index in [1.165, 1.54) is 16.9 Å². The second-order valence-electron chi connectivity index (χ2n) is 10.8. The second-order valence-corrected chi connectivity index (χ2v) is 11.8. The molecule has 7 nitrogen and oxygen atoms in total. The zero-order valence-corrected chi connectivity index (χ0v) is 24.6. The summed E-state index contributed by atoms with van der Waals surface area (Å²) in [6, 6.07) is 12.9. The van der Waals surface area contributed by atoms with Crippen LogP contribution >= 0.6 is 11.3 Å². The maximum Gasteiger partial charge on any atom is 0.338 e. The Morgan fingerprint density at radius 3 is 2.41 bits per heavy atom. The van der Waals surface area contributed by atoms with Crippen LogP contribution in [-0.4, -0.2) is 30.4 Å². The summed E-state index contributed by atoms with van der Waals surface area (Å²) in [5, 5.41) is 0. The first-order valence-corrected chi connectivity index (χ1v) is 13.9. The van der Waals surface area contributed by atoms with E-state index in [-0.39, 0.29) is 23.7 Å². The number of fused-ring (bicyclic) bond motifs is 1. The van der Waals surface area contributed by atoms with Gasteiger partial charge in [-0.25, -0.2) is 9.79 Å². The molecule has 8 heteroatoms. The molecule has 0 saturated carbocycles. The van der Waals surface area contributed by atoms with Gasteiger partial charge in [-0.1, -0.05) is 62.4 Å². The summed E-state index contributed by atoms with van der Waals surface area (Å²) in [5.74, 6) is 0.596. The summed E-state index contributed by atoms with van der Waals surface area (Å²) < 4.78 is 19.0. The van der Waals surface area contributed by atoms with Crippen LogP contribution in [0.4, 0.5) is 0 Å². The topological polar surface area (TPSA) is 79.1 Å². The second kappa shape index (κ2) is 11.2. The SMILES string of the molecule is CCOC(=O)C1=C(C)N=c2sc(=Cc3ccc(C(C)(C)C)cc3)c(=O)n2C1c1ccc(OC(C)C)c(OC)c1. The lowest BCUT2D eigenvalue weighted by molar-refractivity contribution is -0.139. The van der Waals surface area contributed by atoms with Gasteiger partial charge in [-0.15, -0.1) is 0 Å². The van der Waals surface area contributed by atoms with Gasteiger partial charge in [-0.2, -0.15) is 0 Å². The van der Waals surface area contributed by atoms with Crippen LogP contribution in [0.1, 0.15) is 71.2 Å². The molecule has 0 N–H and O–H groups in total. The fourth-order valence-electron chi connectivity index (χ4n) is 4.54. The molecule has 0 bridgehead atoms. The number of rotatable bonds is 7. The van der Waals surface area contributed by atoms with Gasteiger partial charge in [-0.3, -0.25) is 9.36 Å². The van der Waals surface area contributed by atoms with Gasteiger partial charge in [0.1, 0.15) is 0 Å². The highest BCUT2D eigenvalue weighted by molar-refractivity contribution is 7.07. The Bertz CT molecular complexity index is 1590. The number of thiazole rings is 1. The summed E-state index contributed by atoms with van der Waals surface area (Å²) in [6.45, 7) is 14.1. The molecule has 3 aromatic rings. The van der Waals surface area contributed by atoms with Crippen molar-refractivity contribution in [2.75, 3.05) is 13.7 Å². The first-order valence-electron chi connectivity index (χ1n) is 13.1. The van der Waals surface area contributed by atoms with E-state index in [0.29, 0.717) is 37.7 Å². The molecule has 0 spiro atoms. The van der Waals surface area contributed by atoms with Gasteiger partial charge in [0.25, 0.3) is 5.56 Å². The third-order valence-corrected chi connectivity index (χ3v) is 7.44.